The molecule has 3 heterocycles. The van der Waals surface area contributed by atoms with Crippen LogP contribution in [0.4, 0.5) is 11.4 Å². The van der Waals surface area contributed by atoms with Crippen LogP contribution in [-0.2, 0) is 9.53 Å². The minimum Gasteiger partial charge on any atom is -0.399 e. The first-order valence-electron chi connectivity index (χ1n) is 9.69. The van der Waals surface area contributed by atoms with E-state index in [1.807, 2.05) is 24.3 Å². The molecule has 0 atom stereocenters. The molecule has 164 valence electrons. The first kappa shape index (κ1) is 21.8. The molecule has 0 bridgehead atoms. The Labute approximate surface area is 192 Å². The topological polar surface area (TPSA) is 127 Å². The number of nitrogens with zero attached hydrogens (tertiary/aromatic N) is 2. The van der Waals surface area contributed by atoms with E-state index in [0.29, 0.717) is 28.7 Å². The maximum absolute atomic E-state index is 11.4. The number of fused-ring (bicyclic) bond motifs is 1. The summed E-state index contributed by atoms with van der Waals surface area (Å²) in [7, 11) is 0. The van der Waals surface area contributed by atoms with Crippen LogP contribution in [0.3, 0.4) is 0 Å². The Morgan fingerprint density at radius 3 is 2.59 bits per heavy atom. The number of anilines is 2. The van der Waals surface area contributed by atoms with Crippen LogP contribution in [0.1, 0.15) is 10.4 Å². The predicted octanol–water partition coefficient (Wildman–Crippen LogP) is 3.68. The third-order valence-corrected chi connectivity index (χ3v) is 6.00. The lowest BCUT2D eigenvalue weighted by Crippen LogP contribution is -2.41. The number of thiophene rings is 1. The number of benzene rings is 2. The number of carbonyl (C=O) groups is 2. The molecule has 0 radical (unpaired) electrons. The van der Waals surface area contributed by atoms with E-state index < -0.39 is 5.91 Å². The third kappa shape index (κ3) is 4.91. The predicted molar refractivity (Wildman–Crippen MR) is 127 cm³/mol. The Kier molecular flexibility index (Phi) is 6.40. The Hall–Kier alpha value is -3.40. The summed E-state index contributed by atoms with van der Waals surface area (Å²) in [6, 6.07) is 16.1. The zero-order valence-electron chi connectivity index (χ0n) is 16.9. The van der Waals surface area contributed by atoms with Gasteiger partial charge in [0.25, 0.3) is 5.91 Å². The summed E-state index contributed by atoms with van der Waals surface area (Å²) in [5.74, 6) is 0.289. The molecule has 1 fully saturated rings. The fourth-order valence-electron chi connectivity index (χ4n) is 3.17. The van der Waals surface area contributed by atoms with Gasteiger partial charge in [0.05, 0.1) is 26.9 Å². The molecule has 0 aliphatic carbocycles. The average Bonchev–Trinajstić information content (AvgIpc) is 3.40. The Balaban J connectivity index is 0.000000158. The second kappa shape index (κ2) is 9.39. The molecule has 5 rings (SSSR count). The van der Waals surface area contributed by atoms with Gasteiger partial charge in [-0.3, -0.25) is 9.59 Å². The molecule has 2 aromatic heterocycles. The number of aromatic amines is 1. The van der Waals surface area contributed by atoms with Crippen molar-refractivity contribution >= 4 is 57.2 Å². The van der Waals surface area contributed by atoms with Crippen molar-refractivity contribution < 1.29 is 14.3 Å². The van der Waals surface area contributed by atoms with Gasteiger partial charge in [0.1, 0.15) is 12.4 Å². The maximum atomic E-state index is 11.4. The van der Waals surface area contributed by atoms with Gasteiger partial charge in [0.15, 0.2) is 0 Å². The number of hydrogen-bond donors (Lipinski definition) is 3. The molecule has 2 amide bonds. The number of nitrogen functional groups attached to an aromatic ring is 1. The van der Waals surface area contributed by atoms with E-state index in [-0.39, 0.29) is 12.5 Å². The third-order valence-electron chi connectivity index (χ3n) is 4.76. The smallest absolute Gasteiger partial charge is 0.253 e. The second-order valence-electron chi connectivity index (χ2n) is 6.97. The van der Waals surface area contributed by atoms with Crippen molar-refractivity contribution in [1.82, 2.24) is 9.97 Å². The number of nitrogens with one attached hydrogen (secondary N) is 1. The van der Waals surface area contributed by atoms with Crippen molar-refractivity contribution in [3.63, 3.8) is 0 Å². The summed E-state index contributed by atoms with van der Waals surface area (Å²) in [4.78, 5) is 32.8. The molecule has 0 saturated carbocycles. The number of morpholine rings is 1. The number of H-pyrrole nitrogens is 1. The van der Waals surface area contributed by atoms with Crippen molar-refractivity contribution in [1.29, 1.82) is 0 Å². The summed E-state index contributed by atoms with van der Waals surface area (Å²) in [6.07, 6.45) is 0. The molecule has 8 nitrogen and oxygen atoms in total. The van der Waals surface area contributed by atoms with Gasteiger partial charge in [-0.05, 0) is 54.6 Å². The van der Waals surface area contributed by atoms with E-state index in [0.717, 1.165) is 27.4 Å². The Bertz CT molecular complexity index is 1270. The van der Waals surface area contributed by atoms with Gasteiger partial charge in [-0.15, -0.1) is 11.3 Å². The van der Waals surface area contributed by atoms with Crippen molar-refractivity contribution in [2.75, 3.05) is 30.4 Å². The average molecular weight is 470 g/mol. The first-order valence-corrected chi connectivity index (χ1v) is 10.9. The molecule has 0 unspecified atom stereocenters. The van der Waals surface area contributed by atoms with Crippen molar-refractivity contribution in [3.05, 3.63) is 64.5 Å². The lowest BCUT2D eigenvalue weighted by molar-refractivity contribution is -0.125. The first-order chi connectivity index (χ1) is 15.4. The highest BCUT2D eigenvalue weighted by atomic mass is 35.5. The highest BCUT2D eigenvalue weighted by Crippen LogP contribution is 2.30. The fourth-order valence-corrected chi connectivity index (χ4v) is 4.15. The van der Waals surface area contributed by atoms with E-state index in [1.165, 1.54) is 11.3 Å². The molecular formula is C22H20ClN5O3S. The van der Waals surface area contributed by atoms with Gasteiger partial charge in [0, 0.05) is 23.5 Å². The monoisotopic (exact) mass is 469 g/mol. The van der Waals surface area contributed by atoms with Gasteiger partial charge < -0.3 is 26.1 Å². The summed E-state index contributed by atoms with van der Waals surface area (Å²) in [6.45, 7) is 1.38. The summed E-state index contributed by atoms with van der Waals surface area (Å²) in [5.41, 5.74) is 14.4. The number of halogens is 1. The minimum absolute atomic E-state index is 0.000946. The van der Waals surface area contributed by atoms with Crippen LogP contribution in [0, 0.1) is 0 Å². The number of nitrogens with two attached hydrogens (primary N) is 2. The number of primary amides is 1. The SMILES string of the molecule is NC(=O)c1ccc2nc(-c3ccc(Cl)s3)[nH]c2c1.Nc1ccc(N2CCOCC2=O)cc1. The Morgan fingerprint density at radius 1 is 1.16 bits per heavy atom. The van der Waals surface area contributed by atoms with Crippen molar-refractivity contribution in [3.8, 4) is 10.7 Å². The normalized spacial score (nSPS) is 13.7. The Morgan fingerprint density at radius 2 is 1.94 bits per heavy atom. The highest BCUT2D eigenvalue weighted by molar-refractivity contribution is 7.19. The minimum atomic E-state index is -0.452. The number of imidazole rings is 1. The van der Waals surface area contributed by atoms with Crippen LogP contribution in [-0.4, -0.2) is 41.5 Å². The van der Waals surface area contributed by atoms with Crippen molar-refractivity contribution in [2.45, 2.75) is 0 Å². The van der Waals surface area contributed by atoms with Crippen LogP contribution in [0.2, 0.25) is 4.34 Å². The summed E-state index contributed by atoms with van der Waals surface area (Å²) >= 11 is 7.34. The molecule has 1 aliphatic rings. The number of ether oxygens (including phenoxy) is 1. The van der Waals surface area contributed by atoms with Crippen LogP contribution >= 0.6 is 22.9 Å². The van der Waals surface area contributed by atoms with Crippen molar-refractivity contribution in [2.24, 2.45) is 5.73 Å². The number of carbonyl (C=O) groups excluding carboxylic acids is 2. The highest BCUT2D eigenvalue weighted by Gasteiger charge is 2.19. The molecule has 32 heavy (non-hydrogen) atoms. The van der Waals surface area contributed by atoms with Gasteiger partial charge in [0.2, 0.25) is 5.91 Å². The number of rotatable bonds is 3. The molecule has 1 aliphatic heterocycles. The van der Waals surface area contributed by atoms with Crippen LogP contribution < -0.4 is 16.4 Å². The lowest BCUT2D eigenvalue weighted by Gasteiger charge is -2.26. The van der Waals surface area contributed by atoms with Gasteiger partial charge in [-0.25, -0.2) is 4.98 Å². The molecule has 0 spiro atoms. The van der Waals surface area contributed by atoms with E-state index in [9.17, 15) is 9.59 Å². The van der Waals surface area contributed by atoms with Gasteiger partial charge in [-0.1, -0.05) is 11.6 Å². The van der Waals surface area contributed by atoms with Crippen LogP contribution in [0.25, 0.3) is 21.7 Å². The summed E-state index contributed by atoms with van der Waals surface area (Å²) < 4.78 is 5.75. The van der Waals surface area contributed by atoms with Gasteiger partial charge in [-0.2, -0.15) is 0 Å². The van der Waals surface area contributed by atoms with Crippen LogP contribution in [0.5, 0.6) is 0 Å². The van der Waals surface area contributed by atoms with Gasteiger partial charge >= 0.3 is 0 Å². The maximum Gasteiger partial charge on any atom is 0.253 e. The summed E-state index contributed by atoms with van der Waals surface area (Å²) in [5, 5.41) is 0. The van der Waals surface area contributed by atoms with Crippen LogP contribution in [0.15, 0.2) is 54.6 Å². The lowest BCUT2D eigenvalue weighted by atomic mass is 10.2. The van der Waals surface area contributed by atoms with E-state index in [1.54, 1.807) is 35.2 Å². The zero-order chi connectivity index (χ0) is 22.7. The fraction of sp³-hybridized carbons (Fsp3) is 0.136. The molecular weight excluding hydrogens is 450 g/mol. The second-order valence-corrected chi connectivity index (χ2v) is 8.69. The van der Waals surface area contributed by atoms with E-state index in [4.69, 9.17) is 27.8 Å². The van der Waals surface area contributed by atoms with E-state index in [2.05, 4.69) is 9.97 Å². The molecule has 4 aromatic rings. The quantitative estimate of drug-likeness (QED) is 0.394. The number of amides is 2. The number of aromatic nitrogens is 2. The zero-order valence-corrected chi connectivity index (χ0v) is 18.4. The largest absolute Gasteiger partial charge is 0.399 e. The molecule has 2 aromatic carbocycles. The number of hydrogen-bond acceptors (Lipinski definition) is 6. The standard InChI is InChI=1S/C12H8ClN3OS.C10H12N2O2/c13-10-4-3-9(18-10)12-15-7-2-1-6(11(14)17)5-8(7)16-12;11-8-1-3-9(4-2-8)12-5-6-14-7-10(12)13/h1-5H,(H2,14,17)(H,15,16);1-4H,5-7,11H2. The molecule has 1 saturated heterocycles. The van der Waals surface area contributed by atoms with E-state index >= 15 is 0 Å². The molecule has 10 heteroatoms. The molecule has 5 N–H and O–H groups in total.